The molecule has 0 aliphatic heterocycles. The van der Waals surface area contributed by atoms with Crippen LogP contribution in [0, 0.1) is 0 Å². The molecule has 0 aromatic heterocycles. The molecule has 0 saturated carbocycles. The largest absolute Gasteiger partial charge is 0.330 e. The summed E-state index contributed by atoms with van der Waals surface area (Å²) >= 11 is 0. The van der Waals surface area contributed by atoms with E-state index in [-0.39, 0.29) is 5.75 Å². The summed E-state index contributed by atoms with van der Waals surface area (Å²) in [4.78, 5) is 2.29. The highest BCUT2D eigenvalue weighted by molar-refractivity contribution is 7.90. The first-order valence-electron chi connectivity index (χ1n) is 5.59. The van der Waals surface area contributed by atoms with Crippen LogP contribution in [0.25, 0.3) is 0 Å². The number of sulfone groups is 1. The van der Waals surface area contributed by atoms with Crippen molar-refractivity contribution in [3.63, 3.8) is 0 Å². The van der Waals surface area contributed by atoms with E-state index in [0.29, 0.717) is 6.54 Å². The Kier molecular flexibility index (Phi) is 8.00. The lowest BCUT2D eigenvalue weighted by Gasteiger charge is -2.20. The van der Waals surface area contributed by atoms with Gasteiger partial charge in [-0.1, -0.05) is 6.92 Å². The molecule has 92 valence electrons. The first-order chi connectivity index (χ1) is 6.99. The smallest absolute Gasteiger partial charge is 0.147 e. The molecule has 0 heterocycles. The Morgan fingerprint density at radius 1 is 1.13 bits per heavy atom. The third kappa shape index (κ3) is 10.2. The molecule has 4 nitrogen and oxygen atoms in total. The van der Waals surface area contributed by atoms with Crippen LogP contribution in [-0.2, 0) is 9.84 Å². The Labute approximate surface area is 93.7 Å². The lowest BCUT2D eigenvalue weighted by Crippen LogP contribution is -2.29. The van der Waals surface area contributed by atoms with Crippen molar-refractivity contribution < 1.29 is 8.42 Å². The molecule has 15 heavy (non-hydrogen) atoms. The van der Waals surface area contributed by atoms with Crippen LogP contribution < -0.4 is 5.73 Å². The van der Waals surface area contributed by atoms with E-state index < -0.39 is 9.84 Å². The molecule has 2 N–H and O–H groups in total. The van der Waals surface area contributed by atoms with Gasteiger partial charge in [0.25, 0.3) is 0 Å². The summed E-state index contributed by atoms with van der Waals surface area (Å²) in [5.74, 6) is 0.288. The van der Waals surface area contributed by atoms with E-state index >= 15 is 0 Å². The fourth-order valence-corrected chi connectivity index (χ4v) is 2.17. The second-order valence-corrected chi connectivity index (χ2v) is 6.23. The molecule has 5 heteroatoms. The quantitative estimate of drug-likeness (QED) is 0.632. The monoisotopic (exact) mass is 236 g/mol. The van der Waals surface area contributed by atoms with Gasteiger partial charge in [0.15, 0.2) is 0 Å². The predicted octanol–water partition coefficient (Wildman–Crippen LogP) is 0.482. The molecule has 0 aliphatic carbocycles. The van der Waals surface area contributed by atoms with Crippen molar-refractivity contribution in [2.75, 3.05) is 38.2 Å². The van der Waals surface area contributed by atoms with Crippen molar-refractivity contribution in [3.8, 4) is 0 Å². The second kappa shape index (κ2) is 8.07. The molecule has 0 fully saturated rings. The van der Waals surface area contributed by atoms with E-state index in [4.69, 9.17) is 5.73 Å². The van der Waals surface area contributed by atoms with Gasteiger partial charge < -0.3 is 10.6 Å². The molecule has 0 unspecified atom stereocenters. The van der Waals surface area contributed by atoms with Gasteiger partial charge in [-0.3, -0.25) is 0 Å². The summed E-state index contributed by atoms with van der Waals surface area (Å²) in [7, 11) is -2.81. The summed E-state index contributed by atoms with van der Waals surface area (Å²) in [6.45, 7) is 5.71. The molecule has 0 rings (SSSR count). The van der Waals surface area contributed by atoms with Crippen molar-refractivity contribution in [1.82, 2.24) is 4.90 Å². The van der Waals surface area contributed by atoms with Crippen LogP contribution in [0.2, 0.25) is 0 Å². The molecular weight excluding hydrogens is 212 g/mol. The number of hydrogen-bond donors (Lipinski definition) is 1. The topological polar surface area (TPSA) is 63.4 Å². The Hall–Kier alpha value is -0.130. The van der Waals surface area contributed by atoms with E-state index in [9.17, 15) is 8.42 Å². The van der Waals surface area contributed by atoms with Gasteiger partial charge in [0.05, 0.1) is 5.75 Å². The maximum Gasteiger partial charge on any atom is 0.147 e. The predicted molar refractivity (Wildman–Crippen MR) is 64.7 cm³/mol. The molecule has 0 radical (unpaired) electrons. The molecule has 0 aliphatic rings. The van der Waals surface area contributed by atoms with E-state index in [1.807, 2.05) is 0 Å². The summed E-state index contributed by atoms with van der Waals surface area (Å²) < 4.78 is 21.9. The lowest BCUT2D eigenvalue weighted by molar-refractivity contribution is 0.273. The molecule has 0 aromatic rings. The Balaban J connectivity index is 3.74. The number of rotatable bonds is 9. The summed E-state index contributed by atoms with van der Waals surface area (Å²) in [6, 6.07) is 0. The lowest BCUT2D eigenvalue weighted by atomic mass is 10.3. The average molecular weight is 236 g/mol. The van der Waals surface area contributed by atoms with Gasteiger partial charge in [-0.05, 0) is 45.4 Å². The van der Waals surface area contributed by atoms with Crippen LogP contribution in [0.5, 0.6) is 0 Å². The summed E-state index contributed by atoms with van der Waals surface area (Å²) in [5.41, 5.74) is 5.45. The minimum atomic E-state index is -2.81. The Morgan fingerprint density at radius 3 is 2.20 bits per heavy atom. The molecular formula is C10H24N2O2S. The van der Waals surface area contributed by atoms with Crippen LogP contribution in [0.4, 0.5) is 0 Å². The number of nitrogens with two attached hydrogens (primary N) is 1. The standard InChI is InChI=1S/C10H24N2O2S/c1-3-7-12(8-4-6-11)9-5-10-15(2,13)14/h3-11H2,1-2H3. The van der Waals surface area contributed by atoms with Crippen LogP contribution in [-0.4, -0.2) is 51.5 Å². The highest BCUT2D eigenvalue weighted by atomic mass is 32.2. The van der Waals surface area contributed by atoms with Crippen LogP contribution in [0.1, 0.15) is 26.2 Å². The van der Waals surface area contributed by atoms with Gasteiger partial charge in [0.2, 0.25) is 0 Å². The first kappa shape index (κ1) is 14.9. The van der Waals surface area contributed by atoms with Gasteiger partial charge in [-0.25, -0.2) is 8.42 Å². The molecule has 0 spiro atoms. The average Bonchev–Trinajstić information content (AvgIpc) is 2.12. The third-order valence-electron chi connectivity index (χ3n) is 2.21. The van der Waals surface area contributed by atoms with Gasteiger partial charge in [0, 0.05) is 6.26 Å². The van der Waals surface area contributed by atoms with Crippen molar-refractivity contribution in [3.05, 3.63) is 0 Å². The summed E-state index contributed by atoms with van der Waals surface area (Å²) in [5, 5.41) is 0. The molecule has 0 bridgehead atoms. The van der Waals surface area contributed by atoms with Gasteiger partial charge >= 0.3 is 0 Å². The Morgan fingerprint density at radius 2 is 1.73 bits per heavy atom. The highest BCUT2D eigenvalue weighted by Crippen LogP contribution is 1.98. The maximum absolute atomic E-state index is 10.9. The van der Waals surface area contributed by atoms with Crippen molar-refractivity contribution in [2.24, 2.45) is 5.73 Å². The zero-order valence-corrected chi connectivity index (χ0v) is 10.7. The van der Waals surface area contributed by atoms with Crippen molar-refractivity contribution in [2.45, 2.75) is 26.2 Å². The second-order valence-electron chi connectivity index (χ2n) is 3.97. The van der Waals surface area contributed by atoms with Gasteiger partial charge in [-0.15, -0.1) is 0 Å². The minimum absolute atomic E-state index is 0.288. The van der Waals surface area contributed by atoms with Crippen LogP contribution in [0.15, 0.2) is 0 Å². The minimum Gasteiger partial charge on any atom is -0.330 e. The zero-order valence-electron chi connectivity index (χ0n) is 9.91. The van der Waals surface area contributed by atoms with Gasteiger partial charge in [-0.2, -0.15) is 0 Å². The molecule has 0 atom stereocenters. The maximum atomic E-state index is 10.9. The first-order valence-corrected chi connectivity index (χ1v) is 7.65. The normalized spacial score (nSPS) is 12.3. The molecule has 0 saturated heterocycles. The van der Waals surface area contributed by atoms with E-state index in [1.165, 1.54) is 6.26 Å². The van der Waals surface area contributed by atoms with E-state index in [2.05, 4.69) is 11.8 Å². The fraction of sp³-hybridized carbons (Fsp3) is 1.00. The SMILES string of the molecule is CCCN(CCCN)CCCS(C)(=O)=O. The fourth-order valence-electron chi connectivity index (χ4n) is 1.52. The van der Waals surface area contributed by atoms with E-state index in [1.54, 1.807) is 0 Å². The van der Waals surface area contributed by atoms with Gasteiger partial charge in [0.1, 0.15) is 9.84 Å². The highest BCUT2D eigenvalue weighted by Gasteiger charge is 2.06. The van der Waals surface area contributed by atoms with Crippen molar-refractivity contribution >= 4 is 9.84 Å². The number of nitrogens with zero attached hydrogens (tertiary/aromatic N) is 1. The molecule has 0 amide bonds. The molecule has 0 aromatic carbocycles. The third-order valence-corrected chi connectivity index (χ3v) is 3.24. The zero-order chi connectivity index (χ0) is 11.7. The van der Waals surface area contributed by atoms with Crippen LogP contribution >= 0.6 is 0 Å². The summed E-state index contributed by atoms with van der Waals surface area (Å²) in [6.07, 6.45) is 4.10. The Bertz CT molecular complexity index is 240. The van der Waals surface area contributed by atoms with E-state index in [0.717, 1.165) is 38.9 Å². The van der Waals surface area contributed by atoms with Crippen LogP contribution in [0.3, 0.4) is 0 Å². The number of hydrogen-bond acceptors (Lipinski definition) is 4. The van der Waals surface area contributed by atoms with Crippen molar-refractivity contribution in [1.29, 1.82) is 0 Å².